The van der Waals surface area contributed by atoms with Crippen LogP contribution in [0.5, 0.6) is 0 Å². The van der Waals surface area contributed by atoms with Crippen LogP contribution in [0.1, 0.15) is 37.9 Å². The summed E-state index contributed by atoms with van der Waals surface area (Å²) >= 11 is 0. The molecule has 0 spiro atoms. The van der Waals surface area contributed by atoms with Gasteiger partial charge in [-0.15, -0.1) is 0 Å². The Morgan fingerprint density at radius 1 is 1.37 bits per heavy atom. The van der Waals surface area contributed by atoms with E-state index in [1.807, 2.05) is 30.3 Å². The lowest BCUT2D eigenvalue weighted by Crippen LogP contribution is -2.41. The van der Waals surface area contributed by atoms with E-state index in [1.165, 1.54) is 0 Å². The molecule has 2 atom stereocenters. The van der Waals surface area contributed by atoms with Crippen molar-refractivity contribution in [1.82, 2.24) is 4.90 Å². The molecule has 106 valence electrons. The second kappa shape index (κ2) is 7.63. The third kappa shape index (κ3) is 4.60. The summed E-state index contributed by atoms with van der Waals surface area (Å²) < 4.78 is 5.83. The third-order valence-corrected chi connectivity index (χ3v) is 3.64. The maximum absolute atomic E-state index is 10.3. The lowest BCUT2D eigenvalue weighted by molar-refractivity contribution is -0.0119. The number of piperidine rings is 1. The Balaban J connectivity index is 1.81. The van der Waals surface area contributed by atoms with Gasteiger partial charge in [0.1, 0.15) is 0 Å². The van der Waals surface area contributed by atoms with E-state index < -0.39 is 6.10 Å². The van der Waals surface area contributed by atoms with Crippen LogP contribution in [0, 0.1) is 0 Å². The minimum absolute atomic E-state index is 0.344. The molecule has 2 rings (SSSR count). The number of aliphatic hydroxyl groups is 1. The van der Waals surface area contributed by atoms with Crippen molar-refractivity contribution in [2.45, 2.75) is 38.4 Å². The van der Waals surface area contributed by atoms with Crippen LogP contribution < -0.4 is 0 Å². The van der Waals surface area contributed by atoms with Gasteiger partial charge in [-0.1, -0.05) is 37.3 Å². The number of β-amino-alcohol motifs (C(OH)–C–C–N with tert-alkyl or cyclic N) is 1. The van der Waals surface area contributed by atoms with E-state index in [9.17, 15) is 5.11 Å². The number of nitrogens with zero attached hydrogens (tertiary/aromatic N) is 1. The number of ether oxygens (including phenoxy) is 1. The van der Waals surface area contributed by atoms with Crippen LogP contribution in [0.15, 0.2) is 30.3 Å². The van der Waals surface area contributed by atoms with Gasteiger partial charge < -0.3 is 9.84 Å². The largest absolute Gasteiger partial charge is 0.387 e. The molecule has 1 heterocycles. The number of likely N-dealkylation sites (tertiary alicyclic amines) is 1. The maximum Gasteiger partial charge on any atom is 0.0916 e. The molecule has 1 fully saturated rings. The Bertz CT molecular complexity index is 355. The zero-order valence-corrected chi connectivity index (χ0v) is 11.8. The molecular weight excluding hydrogens is 238 g/mol. The standard InChI is InChI=1S/C16H25NO2/c1-2-11-19-15-9-6-10-17(12-15)13-16(18)14-7-4-3-5-8-14/h3-5,7-8,15-16,18H,2,6,9-13H2,1H3. The molecule has 1 aliphatic heterocycles. The van der Waals surface area contributed by atoms with Gasteiger partial charge in [0.2, 0.25) is 0 Å². The highest BCUT2D eigenvalue weighted by Crippen LogP contribution is 2.18. The Hall–Kier alpha value is -0.900. The van der Waals surface area contributed by atoms with Crippen LogP contribution in [0.2, 0.25) is 0 Å². The zero-order chi connectivity index (χ0) is 13.5. The van der Waals surface area contributed by atoms with Crippen molar-refractivity contribution in [2.24, 2.45) is 0 Å². The third-order valence-electron chi connectivity index (χ3n) is 3.64. The normalized spacial score (nSPS) is 22.3. The summed E-state index contributed by atoms with van der Waals surface area (Å²) in [5.74, 6) is 0. The Kier molecular flexibility index (Phi) is 5.83. The summed E-state index contributed by atoms with van der Waals surface area (Å²) in [7, 11) is 0. The van der Waals surface area contributed by atoms with Crippen molar-refractivity contribution in [1.29, 1.82) is 0 Å². The summed E-state index contributed by atoms with van der Waals surface area (Å²) in [4.78, 5) is 2.32. The topological polar surface area (TPSA) is 32.7 Å². The molecule has 3 heteroatoms. The van der Waals surface area contributed by atoms with Crippen LogP contribution >= 0.6 is 0 Å². The van der Waals surface area contributed by atoms with E-state index in [4.69, 9.17) is 4.74 Å². The molecule has 0 aliphatic carbocycles. The number of rotatable bonds is 6. The highest BCUT2D eigenvalue weighted by Gasteiger charge is 2.22. The first-order valence-corrected chi connectivity index (χ1v) is 7.36. The fraction of sp³-hybridized carbons (Fsp3) is 0.625. The number of benzene rings is 1. The molecule has 19 heavy (non-hydrogen) atoms. The van der Waals surface area contributed by atoms with E-state index in [1.54, 1.807) is 0 Å². The number of hydrogen-bond acceptors (Lipinski definition) is 3. The van der Waals surface area contributed by atoms with Crippen molar-refractivity contribution in [2.75, 3.05) is 26.2 Å². The highest BCUT2D eigenvalue weighted by atomic mass is 16.5. The summed E-state index contributed by atoms with van der Waals surface area (Å²) in [6.45, 7) is 5.70. The van der Waals surface area contributed by atoms with Crippen LogP contribution in [-0.2, 0) is 4.74 Å². The molecule has 1 saturated heterocycles. The van der Waals surface area contributed by atoms with Crippen LogP contribution in [0.4, 0.5) is 0 Å². The van der Waals surface area contributed by atoms with Crippen molar-refractivity contribution >= 4 is 0 Å². The van der Waals surface area contributed by atoms with Gasteiger partial charge in [-0.3, -0.25) is 4.90 Å². The molecule has 2 unspecified atom stereocenters. The SMILES string of the molecule is CCCOC1CCCN(CC(O)c2ccccc2)C1. The first kappa shape index (κ1) is 14.5. The predicted molar refractivity (Wildman–Crippen MR) is 77.1 cm³/mol. The molecule has 1 aromatic carbocycles. The Labute approximate surface area is 116 Å². The van der Waals surface area contributed by atoms with Crippen molar-refractivity contribution in [3.63, 3.8) is 0 Å². The summed E-state index contributed by atoms with van der Waals surface area (Å²) in [6, 6.07) is 9.90. The predicted octanol–water partition coefficient (Wildman–Crippen LogP) is 2.61. The van der Waals surface area contributed by atoms with E-state index >= 15 is 0 Å². The van der Waals surface area contributed by atoms with Crippen LogP contribution in [0.3, 0.4) is 0 Å². The lowest BCUT2D eigenvalue weighted by atomic mass is 10.1. The summed E-state index contributed by atoms with van der Waals surface area (Å²) in [5, 5.41) is 10.3. The monoisotopic (exact) mass is 263 g/mol. The molecule has 0 radical (unpaired) electrons. The fourth-order valence-corrected chi connectivity index (χ4v) is 2.62. The van der Waals surface area contributed by atoms with Gasteiger partial charge in [0.15, 0.2) is 0 Å². The molecule has 0 bridgehead atoms. The number of aliphatic hydroxyl groups excluding tert-OH is 1. The quantitative estimate of drug-likeness (QED) is 0.856. The molecule has 1 aliphatic rings. The van der Waals surface area contributed by atoms with Gasteiger partial charge in [-0.25, -0.2) is 0 Å². The molecule has 1 N–H and O–H groups in total. The van der Waals surface area contributed by atoms with Crippen LogP contribution in [-0.4, -0.2) is 42.4 Å². The summed E-state index contributed by atoms with van der Waals surface area (Å²) in [5.41, 5.74) is 0.999. The van der Waals surface area contributed by atoms with E-state index in [0.29, 0.717) is 12.6 Å². The molecular formula is C16H25NO2. The van der Waals surface area contributed by atoms with Gasteiger partial charge in [-0.05, 0) is 31.4 Å². The second-order valence-electron chi connectivity index (χ2n) is 5.32. The first-order chi connectivity index (χ1) is 9.29. The average molecular weight is 263 g/mol. The number of hydrogen-bond donors (Lipinski definition) is 1. The summed E-state index contributed by atoms with van der Waals surface area (Å²) in [6.07, 6.45) is 3.33. The smallest absolute Gasteiger partial charge is 0.0916 e. The van der Waals surface area contributed by atoms with E-state index in [2.05, 4.69) is 11.8 Å². The molecule has 0 saturated carbocycles. The van der Waals surface area contributed by atoms with Gasteiger partial charge in [0.25, 0.3) is 0 Å². The average Bonchev–Trinajstić information content (AvgIpc) is 2.46. The highest BCUT2D eigenvalue weighted by molar-refractivity contribution is 5.17. The van der Waals surface area contributed by atoms with E-state index in [0.717, 1.165) is 44.5 Å². The lowest BCUT2D eigenvalue weighted by Gasteiger charge is -2.33. The molecule has 1 aromatic rings. The van der Waals surface area contributed by atoms with Crippen molar-refractivity contribution < 1.29 is 9.84 Å². The minimum atomic E-state index is -0.397. The van der Waals surface area contributed by atoms with Crippen molar-refractivity contribution in [3.8, 4) is 0 Å². The molecule has 0 aromatic heterocycles. The zero-order valence-electron chi connectivity index (χ0n) is 11.8. The maximum atomic E-state index is 10.3. The van der Waals surface area contributed by atoms with Gasteiger partial charge in [0.05, 0.1) is 12.2 Å². The fourth-order valence-electron chi connectivity index (χ4n) is 2.62. The van der Waals surface area contributed by atoms with Gasteiger partial charge in [0, 0.05) is 19.7 Å². The van der Waals surface area contributed by atoms with Crippen LogP contribution in [0.25, 0.3) is 0 Å². The Morgan fingerprint density at radius 2 is 2.16 bits per heavy atom. The van der Waals surface area contributed by atoms with Gasteiger partial charge >= 0.3 is 0 Å². The van der Waals surface area contributed by atoms with Gasteiger partial charge in [-0.2, -0.15) is 0 Å². The minimum Gasteiger partial charge on any atom is -0.387 e. The van der Waals surface area contributed by atoms with Crippen molar-refractivity contribution in [3.05, 3.63) is 35.9 Å². The second-order valence-corrected chi connectivity index (χ2v) is 5.32. The first-order valence-electron chi connectivity index (χ1n) is 7.36. The molecule has 0 amide bonds. The van der Waals surface area contributed by atoms with E-state index in [-0.39, 0.29) is 0 Å². The molecule has 3 nitrogen and oxygen atoms in total. The Morgan fingerprint density at radius 3 is 2.89 bits per heavy atom.